The largest absolute Gasteiger partial charge is 0.443 e. The van der Waals surface area contributed by atoms with Crippen LogP contribution in [-0.4, -0.2) is 39.3 Å². The average molecular weight is 290 g/mol. The lowest BCUT2D eigenvalue weighted by molar-refractivity contribution is 0.151. The van der Waals surface area contributed by atoms with E-state index in [4.69, 9.17) is 16.3 Å². The first-order valence-electron chi connectivity index (χ1n) is 5.26. The van der Waals surface area contributed by atoms with Gasteiger partial charge in [0.2, 0.25) is 0 Å². The summed E-state index contributed by atoms with van der Waals surface area (Å²) < 4.78 is 27.6. The summed E-state index contributed by atoms with van der Waals surface area (Å²) in [6.45, 7) is 0.376. The number of carbonyl (C=O) groups is 1. The van der Waals surface area contributed by atoms with Crippen LogP contribution in [0, 0.1) is 0 Å². The number of amides is 1. The molecule has 1 saturated heterocycles. The van der Waals surface area contributed by atoms with Crippen LogP contribution in [0.5, 0.6) is 0 Å². The van der Waals surface area contributed by atoms with E-state index in [2.05, 4.69) is 0 Å². The first-order valence-corrected chi connectivity index (χ1v) is 7.68. The molecule has 1 amide bonds. The molecule has 5 nitrogen and oxygen atoms in total. The van der Waals surface area contributed by atoms with Crippen molar-refractivity contribution in [2.45, 2.75) is 11.0 Å². The highest BCUT2D eigenvalue weighted by molar-refractivity contribution is 7.90. The maximum Gasteiger partial charge on any atom is 0.414 e. The molecule has 2 rings (SSSR count). The Morgan fingerprint density at radius 1 is 1.39 bits per heavy atom. The van der Waals surface area contributed by atoms with Crippen molar-refractivity contribution in [3.05, 3.63) is 24.3 Å². The SMILES string of the molecule is CS(=O)(=O)c1ccc(N2C[C@@H](CCl)OC2=O)cc1. The first-order chi connectivity index (χ1) is 8.41. The van der Waals surface area contributed by atoms with Crippen molar-refractivity contribution in [2.24, 2.45) is 0 Å². The van der Waals surface area contributed by atoms with Gasteiger partial charge in [-0.3, -0.25) is 4.90 Å². The molecule has 0 unspecified atom stereocenters. The van der Waals surface area contributed by atoms with Gasteiger partial charge < -0.3 is 4.74 Å². The van der Waals surface area contributed by atoms with Crippen LogP contribution in [0.25, 0.3) is 0 Å². The van der Waals surface area contributed by atoms with Gasteiger partial charge in [0.05, 0.1) is 17.3 Å². The summed E-state index contributed by atoms with van der Waals surface area (Å²) in [5, 5.41) is 0. The zero-order chi connectivity index (χ0) is 13.3. The van der Waals surface area contributed by atoms with E-state index in [-0.39, 0.29) is 16.9 Å². The topological polar surface area (TPSA) is 63.7 Å². The number of halogens is 1. The maximum atomic E-state index is 11.6. The van der Waals surface area contributed by atoms with Gasteiger partial charge in [-0.2, -0.15) is 0 Å². The summed E-state index contributed by atoms with van der Waals surface area (Å²) in [6.07, 6.45) is 0.344. The highest BCUT2D eigenvalue weighted by atomic mass is 35.5. The van der Waals surface area contributed by atoms with E-state index >= 15 is 0 Å². The number of rotatable bonds is 3. The Morgan fingerprint density at radius 2 is 2.00 bits per heavy atom. The fraction of sp³-hybridized carbons (Fsp3) is 0.364. The second-order valence-electron chi connectivity index (χ2n) is 4.04. The van der Waals surface area contributed by atoms with Crippen molar-refractivity contribution in [1.29, 1.82) is 0 Å². The summed E-state index contributed by atoms with van der Waals surface area (Å²) in [4.78, 5) is 13.2. The minimum Gasteiger partial charge on any atom is -0.443 e. The normalized spacial score (nSPS) is 20.0. The van der Waals surface area contributed by atoms with Gasteiger partial charge in [0.1, 0.15) is 6.10 Å². The fourth-order valence-electron chi connectivity index (χ4n) is 1.69. The summed E-state index contributed by atoms with van der Waals surface area (Å²) in [5.41, 5.74) is 0.597. The van der Waals surface area contributed by atoms with E-state index in [1.807, 2.05) is 0 Å². The van der Waals surface area contributed by atoms with Crippen molar-refractivity contribution in [2.75, 3.05) is 23.6 Å². The third-order valence-electron chi connectivity index (χ3n) is 2.62. The highest BCUT2D eigenvalue weighted by Gasteiger charge is 2.31. The van der Waals surface area contributed by atoms with Crippen molar-refractivity contribution in [3.63, 3.8) is 0 Å². The van der Waals surface area contributed by atoms with Crippen molar-refractivity contribution < 1.29 is 17.9 Å². The number of anilines is 1. The zero-order valence-corrected chi connectivity index (χ0v) is 11.2. The molecule has 1 fully saturated rings. The van der Waals surface area contributed by atoms with Crippen molar-refractivity contribution >= 4 is 33.2 Å². The number of hydrogen-bond acceptors (Lipinski definition) is 4. The molecule has 7 heteroatoms. The summed E-state index contributed by atoms with van der Waals surface area (Å²) >= 11 is 5.63. The predicted molar refractivity (Wildman–Crippen MR) is 67.9 cm³/mol. The van der Waals surface area contributed by atoms with Crippen LogP contribution in [0.1, 0.15) is 0 Å². The Hall–Kier alpha value is -1.27. The number of cyclic esters (lactones) is 1. The van der Waals surface area contributed by atoms with Crippen LogP contribution >= 0.6 is 11.6 Å². The molecule has 0 spiro atoms. The van der Waals surface area contributed by atoms with E-state index in [0.717, 1.165) is 6.26 Å². The van der Waals surface area contributed by atoms with Crippen LogP contribution < -0.4 is 4.90 Å². The number of carbonyl (C=O) groups excluding carboxylic acids is 1. The molecule has 1 aliphatic rings. The lowest BCUT2D eigenvalue weighted by atomic mass is 10.3. The number of alkyl halides is 1. The maximum absolute atomic E-state index is 11.6. The number of benzene rings is 1. The van der Waals surface area contributed by atoms with Crippen LogP contribution in [0.2, 0.25) is 0 Å². The van der Waals surface area contributed by atoms with Gasteiger partial charge in [-0.1, -0.05) is 0 Å². The molecule has 1 aromatic rings. The van der Waals surface area contributed by atoms with Gasteiger partial charge in [0, 0.05) is 11.9 Å². The number of nitrogens with zero attached hydrogens (tertiary/aromatic N) is 1. The summed E-state index contributed by atoms with van der Waals surface area (Å²) in [7, 11) is -3.23. The lowest BCUT2D eigenvalue weighted by Gasteiger charge is -2.12. The van der Waals surface area contributed by atoms with Gasteiger partial charge >= 0.3 is 6.09 Å². The Kier molecular flexibility index (Phi) is 3.49. The molecule has 1 heterocycles. The molecule has 1 atom stereocenters. The molecule has 98 valence electrons. The molecule has 0 aliphatic carbocycles. The summed E-state index contributed by atoms with van der Waals surface area (Å²) in [5.74, 6) is 0.240. The van der Waals surface area contributed by atoms with Crippen LogP contribution in [-0.2, 0) is 14.6 Å². The Balaban J connectivity index is 2.23. The number of hydrogen-bond donors (Lipinski definition) is 0. The van der Waals surface area contributed by atoms with E-state index in [0.29, 0.717) is 12.2 Å². The standard InChI is InChI=1S/C11H12ClNO4S/c1-18(15,16)10-4-2-8(3-5-10)13-7-9(6-12)17-11(13)14/h2-5,9H,6-7H2,1H3/t9-/m1/s1. The molecule has 1 aromatic carbocycles. The monoisotopic (exact) mass is 289 g/mol. The third kappa shape index (κ3) is 2.59. The van der Waals surface area contributed by atoms with Crippen molar-refractivity contribution in [1.82, 2.24) is 0 Å². The minimum atomic E-state index is -3.23. The first kappa shape index (κ1) is 13.2. The second kappa shape index (κ2) is 4.78. The van der Waals surface area contributed by atoms with E-state index < -0.39 is 15.9 Å². The average Bonchev–Trinajstić information content (AvgIpc) is 2.70. The van der Waals surface area contributed by atoms with Crippen LogP contribution in [0.3, 0.4) is 0 Å². The molecule has 0 aromatic heterocycles. The van der Waals surface area contributed by atoms with Crippen molar-refractivity contribution in [3.8, 4) is 0 Å². The van der Waals surface area contributed by atoms with Crippen LogP contribution in [0.15, 0.2) is 29.2 Å². The number of ether oxygens (including phenoxy) is 1. The molecule has 18 heavy (non-hydrogen) atoms. The minimum absolute atomic E-state index is 0.215. The Morgan fingerprint density at radius 3 is 2.44 bits per heavy atom. The molecular weight excluding hydrogens is 278 g/mol. The predicted octanol–water partition coefficient (Wildman–Crippen LogP) is 1.65. The lowest BCUT2D eigenvalue weighted by Crippen LogP contribution is -2.24. The molecule has 0 saturated carbocycles. The Bertz CT molecular complexity index is 555. The zero-order valence-electron chi connectivity index (χ0n) is 9.67. The van der Waals surface area contributed by atoms with Gasteiger partial charge in [0.15, 0.2) is 9.84 Å². The Labute approximate surface area is 110 Å². The van der Waals surface area contributed by atoms with E-state index in [9.17, 15) is 13.2 Å². The van der Waals surface area contributed by atoms with Gasteiger partial charge in [-0.05, 0) is 24.3 Å². The molecular formula is C11H12ClNO4S. The van der Waals surface area contributed by atoms with Gasteiger partial charge in [-0.15, -0.1) is 11.6 Å². The molecule has 0 N–H and O–H groups in total. The quantitative estimate of drug-likeness (QED) is 0.794. The third-order valence-corrected chi connectivity index (χ3v) is 4.10. The van der Waals surface area contributed by atoms with E-state index in [1.165, 1.54) is 17.0 Å². The molecule has 0 bridgehead atoms. The number of sulfone groups is 1. The summed E-state index contributed by atoms with van der Waals surface area (Å²) in [6, 6.07) is 6.08. The molecule has 1 aliphatic heterocycles. The second-order valence-corrected chi connectivity index (χ2v) is 6.36. The van der Waals surface area contributed by atoms with Gasteiger partial charge in [0.25, 0.3) is 0 Å². The molecule has 0 radical (unpaired) electrons. The van der Waals surface area contributed by atoms with Gasteiger partial charge in [-0.25, -0.2) is 13.2 Å². The fourth-order valence-corrected chi connectivity index (χ4v) is 2.48. The van der Waals surface area contributed by atoms with E-state index in [1.54, 1.807) is 12.1 Å². The van der Waals surface area contributed by atoms with Crippen LogP contribution in [0.4, 0.5) is 10.5 Å². The highest BCUT2D eigenvalue weighted by Crippen LogP contribution is 2.23. The smallest absolute Gasteiger partial charge is 0.414 e.